The number of ether oxygens (including phenoxy) is 1. The van der Waals surface area contributed by atoms with E-state index in [0.29, 0.717) is 74.9 Å². The normalized spacial score (nSPS) is 14.7. The number of nitrogens with one attached hydrogen (secondary N) is 5. The van der Waals surface area contributed by atoms with Gasteiger partial charge in [0.25, 0.3) is 17.7 Å². The molecule has 8 amide bonds. The van der Waals surface area contributed by atoms with E-state index in [1.165, 1.54) is 6.07 Å². The van der Waals surface area contributed by atoms with Crippen molar-refractivity contribution in [1.29, 1.82) is 0 Å². The number of carbonyl (C=O) groups is 7. The molecule has 1 unspecified atom stereocenters. The number of benzene rings is 3. The molecule has 1 saturated heterocycles. The van der Waals surface area contributed by atoms with Crippen LogP contribution in [0.4, 0.5) is 21.9 Å². The third-order valence-electron chi connectivity index (χ3n) is 10.1. The second kappa shape index (κ2) is 20.8. The highest BCUT2D eigenvalue weighted by molar-refractivity contribution is 6.25. The number of piperidine rings is 1. The number of rotatable bonds is 20. The fourth-order valence-electron chi connectivity index (χ4n) is 6.88. The molecule has 3 heterocycles. The highest BCUT2D eigenvalue weighted by Gasteiger charge is 2.45. The molecule has 19 nitrogen and oxygen atoms in total. The van der Waals surface area contributed by atoms with E-state index in [-0.39, 0.29) is 42.3 Å². The molecule has 6 N–H and O–H groups in total. The summed E-state index contributed by atoms with van der Waals surface area (Å²) in [5.41, 5.74) is 5.45. The van der Waals surface area contributed by atoms with Crippen molar-refractivity contribution in [2.24, 2.45) is 0 Å². The van der Waals surface area contributed by atoms with Gasteiger partial charge in [0.2, 0.25) is 17.7 Å². The number of amides is 8. The molecule has 61 heavy (non-hydrogen) atoms. The smallest absolute Gasteiger partial charge is 0.322 e. The number of aromatic nitrogens is 3. The monoisotopic (exact) mass is 836 g/mol. The number of urea groups is 1. The fourth-order valence-corrected chi connectivity index (χ4v) is 6.88. The van der Waals surface area contributed by atoms with Crippen LogP contribution in [-0.2, 0) is 38.6 Å². The van der Waals surface area contributed by atoms with Crippen LogP contribution >= 0.6 is 0 Å². The van der Waals surface area contributed by atoms with E-state index >= 15 is 0 Å². The van der Waals surface area contributed by atoms with Crippen LogP contribution in [0.2, 0.25) is 0 Å². The first-order valence-electron chi connectivity index (χ1n) is 20.1. The lowest BCUT2D eigenvalue weighted by atomic mass is 10.0. The Hall–Kier alpha value is -6.99. The summed E-state index contributed by atoms with van der Waals surface area (Å²) in [5.74, 6) is -3.03. The molecule has 19 heteroatoms. The van der Waals surface area contributed by atoms with Crippen molar-refractivity contribution < 1.29 is 43.5 Å². The van der Waals surface area contributed by atoms with Gasteiger partial charge in [0.05, 0.1) is 36.6 Å². The maximum atomic E-state index is 13.3. The quantitative estimate of drug-likeness (QED) is 0.0323. The Morgan fingerprint density at radius 1 is 0.934 bits per heavy atom. The molecule has 0 radical (unpaired) electrons. The molecule has 0 aliphatic carbocycles. The van der Waals surface area contributed by atoms with Crippen molar-refractivity contribution in [3.05, 3.63) is 101 Å². The van der Waals surface area contributed by atoms with Crippen molar-refractivity contribution >= 4 is 58.5 Å². The van der Waals surface area contributed by atoms with Crippen LogP contribution in [0.15, 0.2) is 72.9 Å². The average Bonchev–Trinajstić information content (AvgIpc) is 3.81. The summed E-state index contributed by atoms with van der Waals surface area (Å²) in [5, 5.41) is 28.3. The predicted molar refractivity (Wildman–Crippen MR) is 220 cm³/mol. The first kappa shape index (κ1) is 43.6. The second-order valence-electron chi connectivity index (χ2n) is 14.5. The maximum Gasteiger partial charge on any atom is 0.322 e. The Kier molecular flexibility index (Phi) is 14.9. The van der Waals surface area contributed by atoms with Gasteiger partial charge in [-0.1, -0.05) is 36.8 Å². The number of imide groups is 2. The van der Waals surface area contributed by atoms with E-state index < -0.39 is 35.6 Å². The minimum atomic E-state index is -1.04. The highest BCUT2D eigenvalue weighted by atomic mass is 16.5. The molecule has 1 atom stereocenters. The first-order valence-corrected chi connectivity index (χ1v) is 20.1. The molecule has 320 valence electrons. The summed E-state index contributed by atoms with van der Waals surface area (Å²) in [4.78, 5) is 90.4. The first-order chi connectivity index (χ1) is 29.5. The summed E-state index contributed by atoms with van der Waals surface area (Å²) in [6.45, 7) is 4.32. The van der Waals surface area contributed by atoms with Gasteiger partial charge in [-0.05, 0) is 79.8 Å². The molecule has 2 aliphatic heterocycles. The van der Waals surface area contributed by atoms with E-state index in [1.54, 1.807) is 81.9 Å². The van der Waals surface area contributed by atoms with Gasteiger partial charge in [-0.25, -0.2) is 15.0 Å². The highest BCUT2D eigenvalue weighted by Crippen LogP contribution is 2.32. The summed E-state index contributed by atoms with van der Waals surface area (Å²) in [7, 11) is 0. The molecule has 0 bridgehead atoms. The van der Waals surface area contributed by atoms with E-state index in [4.69, 9.17) is 9.94 Å². The third-order valence-corrected chi connectivity index (χ3v) is 10.1. The summed E-state index contributed by atoms with van der Waals surface area (Å²) >= 11 is 0. The Morgan fingerprint density at radius 2 is 1.69 bits per heavy atom. The van der Waals surface area contributed by atoms with Gasteiger partial charge >= 0.3 is 6.03 Å². The number of carbonyl (C=O) groups excluding carboxylic acids is 7. The van der Waals surface area contributed by atoms with E-state index in [1.807, 2.05) is 6.92 Å². The predicted octanol–water partition coefficient (Wildman–Crippen LogP) is 3.72. The molecule has 1 fully saturated rings. The largest absolute Gasteiger partial charge is 0.382 e. The zero-order valence-corrected chi connectivity index (χ0v) is 33.6. The Labute approximate surface area is 351 Å². The fraction of sp³-hybridized carbons (Fsp3) is 0.357. The van der Waals surface area contributed by atoms with Crippen molar-refractivity contribution in [2.45, 2.75) is 71.0 Å². The lowest BCUT2D eigenvalue weighted by Gasteiger charge is -2.27. The Bertz CT molecular complexity index is 2240. The van der Waals surface area contributed by atoms with E-state index in [0.717, 1.165) is 29.0 Å². The zero-order chi connectivity index (χ0) is 43.3. The number of hydroxylamine groups is 1. The minimum Gasteiger partial charge on any atom is -0.382 e. The number of aryl methyl sites for hydroxylation is 1. The molecule has 1 aromatic heterocycles. The van der Waals surface area contributed by atoms with Crippen molar-refractivity contribution in [2.75, 3.05) is 42.3 Å². The van der Waals surface area contributed by atoms with Crippen LogP contribution in [0.1, 0.15) is 87.8 Å². The molecule has 0 saturated carbocycles. The van der Waals surface area contributed by atoms with Gasteiger partial charge in [-0.2, -0.15) is 0 Å². The molecular weight excluding hydrogens is 789 g/mol. The summed E-state index contributed by atoms with van der Waals surface area (Å²) in [6.07, 6.45) is 5.00. The number of fused-ring (bicyclic) bond motifs is 1. The molecule has 4 aromatic rings. The number of unbranched alkanes of at least 4 members (excludes halogenated alkanes) is 1. The second-order valence-corrected chi connectivity index (χ2v) is 14.5. The molecular formula is C42H48N10O9. The van der Waals surface area contributed by atoms with Crippen molar-refractivity contribution in [3.63, 3.8) is 0 Å². The van der Waals surface area contributed by atoms with Crippen LogP contribution < -0.4 is 26.7 Å². The standard InChI is InChI=1S/C42H48N10O9/c1-2-3-21-50(25-27-10-12-28(13-11-27)38(55)48-60)42(59)45-30-16-14-29(15-17-30)44-35(53)9-4-6-31-26-51(49-47-31)22-24-61-23-20-43-33-8-5-7-32-37(33)41(58)52(40(32)57)34-18-19-36(54)46-39(34)56/h5,7-8,10-17,26,34,43,60H,2-4,6,9,18-25H2,1H3,(H,44,53)(H,45,59)(H,48,55)(H,46,54,56). The van der Waals surface area contributed by atoms with Crippen LogP contribution in [0, 0.1) is 0 Å². The SMILES string of the molecule is CCCCN(Cc1ccc(C(=O)NO)cc1)C(=O)Nc1ccc(NC(=O)CCCc2cn(CCOCCNc3cccc4c3C(=O)N(C3CCC(=O)NC3=O)C4=O)nn2)cc1. The number of hydrogen-bond donors (Lipinski definition) is 6. The van der Waals surface area contributed by atoms with Gasteiger partial charge < -0.3 is 25.6 Å². The third kappa shape index (κ3) is 11.4. The molecule has 3 aromatic carbocycles. The van der Waals surface area contributed by atoms with Crippen LogP contribution in [0.5, 0.6) is 0 Å². The minimum absolute atomic E-state index is 0.0450. The van der Waals surface area contributed by atoms with Gasteiger partial charge in [0.1, 0.15) is 6.04 Å². The van der Waals surface area contributed by atoms with Crippen LogP contribution in [0.25, 0.3) is 0 Å². The number of hydrogen-bond acceptors (Lipinski definition) is 12. The molecule has 6 rings (SSSR count). The lowest BCUT2D eigenvalue weighted by molar-refractivity contribution is -0.136. The zero-order valence-electron chi connectivity index (χ0n) is 33.6. The summed E-state index contributed by atoms with van der Waals surface area (Å²) < 4.78 is 7.40. The lowest BCUT2D eigenvalue weighted by Crippen LogP contribution is -2.54. The van der Waals surface area contributed by atoms with Crippen LogP contribution in [-0.4, -0.2) is 104 Å². The van der Waals surface area contributed by atoms with Crippen molar-refractivity contribution in [1.82, 2.24) is 35.6 Å². The van der Waals surface area contributed by atoms with Crippen LogP contribution in [0.3, 0.4) is 0 Å². The van der Waals surface area contributed by atoms with Gasteiger partial charge in [0.15, 0.2) is 0 Å². The average molecular weight is 837 g/mol. The molecule has 0 spiro atoms. The van der Waals surface area contributed by atoms with Gasteiger partial charge in [0, 0.05) is 61.3 Å². The van der Waals surface area contributed by atoms with E-state index in [2.05, 4.69) is 31.6 Å². The van der Waals surface area contributed by atoms with Gasteiger partial charge in [-0.15, -0.1) is 5.10 Å². The van der Waals surface area contributed by atoms with Crippen molar-refractivity contribution in [3.8, 4) is 0 Å². The Morgan fingerprint density at radius 3 is 2.41 bits per heavy atom. The van der Waals surface area contributed by atoms with Gasteiger partial charge in [-0.3, -0.25) is 44.2 Å². The number of nitrogens with zero attached hydrogens (tertiary/aromatic N) is 5. The topological polar surface area (TPSA) is 246 Å². The summed E-state index contributed by atoms with van der Waals surface area (Å²) in [6, 6.07) is 17.0. The van der Waals surface area contributed by atoms with E-state index in [9.17, 15) is 33.6 Å². The Balaban J connectivity index is 0.868. The maximum absolute atomic E-state index is 13.3. The number of anilines is 3. The molecule has 2 aliphatic rings.